The van der Waals surface area contributed by atoms with Crippen LogP contribution in [0.5, 0.6) is 5.75 Å². The lowest BCUT2D eigenvalue weighted by molar-refractivity contribution is -0.118. The Labute approximate surface area is 199 Å². The van der Waals surface area contributed by atoms with Crippen LogP contribution in [0, 0.1) is 17.1 Å². The number of anilines is 2. The van der Waals surface area contributed by atoms with E-state index in [4.69, 9.17) is 27.9 Å². The second-order valence-corrected chi connectivity index (χ2v) is 7.47. The van der Waals surface area contributed by atoms with Gasteiger partial charge in [0.25, 0.3) is 11.8 Å². The SMILES string of the molecule is N#C/C(=C\c1cc(Cl)ccc1OCC(=O)Nc1ccccc1Cl)C(=O)Nc1ccc(F)cc1. The highest BCUT2D eigenvalue weighted by Crippen LogP contribution is 2.26. The van der Waals surface area contributed by atoms with Gasteiger partial charge >= 0.3 is 0 Å². The first-order valence-electron chi connectivity index (χ1n) is 9.51. The number of carbonyl (C=O) groups excluding carboxylic acids is 2. The number of hydrogen-bond acceptors (Lipinski definition) is 4. The first-order chi connectivity index (χ1) is 15.9. The van der Waals surface area contributed by atoms with E-state index in [1.807, 2.05) is 6.07 Å². The van der Waals surface area contributed by atoms with Crippen molar-refractivity contribution in [3.05, 3.63) is 93.7 Å². The molecule has 0 aliphatic heterocycles. The van der Waals surface area contributed by atoms with Gasteiger partial charge in [0.05, 0.1) is 10.7 Å². The molecule has 0 fully saturated rings. The minimum Gasteiger partial charge on any atom is -0.483 e. The molecule has 6 nitrogen and oxygen atoms in total. The molecule has 33 heavy (non-hydrogen) atoms. The maximum absolute atomic E-state index is 13.1. The highest BCUT2D eigenvalue weighted by atomic mass is 35.5. The van der Waals surface area contributed by atoms with Crippen molar-refractivity contribution >= 4 is 52.5 Å². The Bertz CT molecular complexity index is 1250. The molecule has 0 saturated carbocycles. The first-order valence-corrected chi connectivity index (χ1v) is 10.3. The van der Waals surface area contributed by atoms with Crippen molar-refractivity contribution in [2.75, 3.05) is 17.2 Å². The Morgan fingerprint density at radius 3 is 2.45 bits per heavy atom. The number of ether oxygens (including phenoxy) is 1. The minimum atomic E-state index is -0.702. The number of benzene rings is 3. The molecule has 0 heterocycles. The van der Waals surface area contributed by atoms with Crippen LogP contribution in [0.1, 0.15) is 5.56 Å². The van der Waals surface area contributed by atoms with E-state index in [-0.39, 0.29) is 17.9 Å². The molecule has 2 amide bonds. The number of rotatable bonds is 7. The van der Waals surface area contributed by atoms with Crippen molar-refractivity contribution in [3.8, 4) is 11.8 Å². The van der Waals surface area contributed by atoms with Crippen LogP contribution < -0.4 is 15.4 Å². The van der Waals surface area contributed by atoms with E-state index in [0.29, 0.717) is 27.0 Å². The molecule has 9 heteroatoms. The zero-order chi connectivity index (χ0) is 23.8. The van der Waals surface area contributed by atoms with Gasteiger partial charge in [-0.25, -0.2) is 4.39 Å². The average molecular weight is 484 g/mol. The van der Waals surface area contributed by atoms with Crippen LogP contribution in [0.15, 0.2) is 72.3 Å². The maximum atomic E-state index is 13.1. The molecule has 0 bridgehead atoms. The Morgan fingerprint density at radius 1 is 1.03 bits per heavy atom. The molecule has 3 aromatic carbocycles. The molecule has 0 saturated heterocycles. The van der Waals surface area contributed by atoms with E-state index >= 15 is 0 Å². The number of nitriles is 1. The maximum Gasteiger partial charge on any atom is 0.266 e. The van der Waals surface area contributed by atoms with E-state index < -0.39 is 17.6 Å². The third-order valence-electron chi connectivity index (χ3n) is 4.25. The van der Waals surface area contributed by atoms with Gasteiger partial charge in [0.1, 0.15) is 23.2 Å². The molecule has 3 rings (SSSR count). The Balaban J connectivity index is 1.75. The highest BCUT2D eigenvalue weighted by molar-refractivity contribution is 6.33. The fourth-order valence-electron chi connectivity index (χ4n) is 2.69. The zero-order valence-corrected chi connectivity index (χ0v) is 18.5. The minimum absolute atomic E-state index is 0.232. The monoisotopic (exact) mass is 483 g/mol. The zero-order valence-electron chi connectivity index (χ0n) is 16.9. The van der Waals surface area contributed by atoms with E-state index in [2.05, 4.69) is 10.6 Å². The standard InChI is InChI=1S/C24H16Cl2FN3O3/c25-17-5-10-22(33-14-23(31)30-21-4-2-1-3-20(21)26)15(12-17)11-16(13-28)24(32)29-19-8-6-18(27)7-9-19/h1-12H,14H2,(H,29,32)(H,30,31)/b16-11+. The van der Waals surface area contributed by atoms with E-state index in [9.17, 15) is 19.2 Å². The van der Waals surface area contributed by atoms with Gasteiger partial charge < -0.3 is 15.4 Å². The molecule has 0 aliphatic carbocycles. The van der Waals surface area contributed by atoms with Crippen LogP contribution in [0.3, 0.4) is 0 Å². The van der Waals surface area contributed by atoms with E-state index in [0.717, 1.165) is 0 Å². The van der Waals surface area contributed by atoms with Crippen LogP contribution in [0.2, 0.25) is 10.0 Å². The summed E-state index contributed by atoms with van der Waals surface area (Å²) in [4.78, 5) is 24.7. The predicted molar refractivity (Wildman–Crippen MR) is 126 cm³/mol. The number of hydrogen-bond donors (Lipinski definition) is 2. The summed E-state index contributed by atoms with van der Waals surface area (Å²) in [6.45, 7) is -0.350. The predicted octanol–water partition coefficient (Wildman–Crippen LogP) is 5.70. The van der Waals surface area contributed by atoms with Crippen LogP contribution in [-0.2, 0) is 9.59 Å². The van der Waals surface area contributed by atoms with Crippen LogP contribution in [0.25, 0.3) is 6.08 Å². The van der Waals surface area contributed by atoms with Crippen LogP contribution >= 0.6 is 23.2 Å². The fourth-order valence-corrected chi connectivity index (χ4v) is 3.05. The van der Waals surface area contributed by atoms with Gasteiger partial charge in [0.2, 0.25) is 0 Å². The third kappa shape index (κ3) is 6.81. The van der Waals surface area contributed by atoms with Crippen LogP contribution in [-0.4, -0.2) is 18.4 Å². The van der Waals surface area contributed by atoms with Crippen molar-refractivity contribution in [2.45, 2.75) is 0 Å². The summed E-state index contributed by atoms with van der Waals surface area (Å²) in [7, 11) is 0. The first kappa shape index (κ1) is 23.8. The lowest BCUT2D eigenvalue weighted by atomic mass is 10.1. The molecule has 0 spiro atoms. The van der Waals surface area contributed by atoms with Crippen LogP contribution in [0.4, 0.5) is 15.8 Å². The average Bonchev–Trinajstić information content (AvgIpc) is 2.79. The fraction of sp³-hybridized carbons (Fsp3) is 0.0417. The number of amides is 2. The Hall–Kier alpha value is -3.86. The molecular weight excluding hydrogens is 468 g/mol. The van der Waals surface area contributed by atoms with Gasteiger partial charge in [0, 0.05) is 16.3 Å². The largest absolute Gasteiger partial charge is 0.483 e. The second kappa shape index (κ2) is 11.1. The topological polar surface area (TPSA) is 91.2 Å². The second-order valence-electron chi connectivity index (χ2n) is 6.63. The van der Waals surface area contributed by atoms with Gasteiger partial charge in [-0.05, 0) is 60.7 Å². The van der Waals surface area contributed by atoms with E-state index in [1.165, 1.54) is 42.5 Å². The lowest BCUT2D eigenvalue weighted by Crippen LogP contribution is -2.20. The summed E-state index contributed by atoms with van der Waals surface area (Å²) >= 11 is 12.1. The molecule has 2 N–H and O–H groups in total. The summed E-state index contributed by atoms with van der Waals surface area (Å²) in [5.74, 6) is -1.38. The normalized spacial score (nSPS) is 10.8. The summed E-state index contributed by atoms with van der Waals surface area (Å²) in [5.41, 5.74) is 0.834. The van der Waals surface area contributed by atoms with E-state index in [1.54, 1.807) is 30.3 Å². The lowest BCUT2D eigenvalue weighted by Gasteiger charge is -2.11. The van der Waals surface area contributed by atoms with Gasteiger partial charge in [0.15, 0.2) is 6.61 Å². The summed E-state index contributed by atoms with van der Waals surface area (Å²) < 4.78 is 18.6. The number of nitrogens with one attached hydrogen (secondary N) is 2. The number of halogens is 3. The van der Waals surface area contributed by atoms with Gasteiger partial charge in [-0.15, -0.1) is 0 Å². The summed E-state index contributed by atoms with van der Waals surface area (Å²) in [5, 5.41) is 15.3. The molecule has 0 aromatic heterocycles. The Morgan fingerprint density at radius 2 is 1.76 bits per heavy atom. The van der Waals surface area contributed by atoms with Gasteiger partial charge in [-0.3, -0.25) is 9.59 Å². The smallest absolute Gasteiger partial charge is 0.266 e. The molecule has 0 aliphatic rings. The van der Waals surface area contributed by atoms with Gasteiger partial charge in [-0.1, -0.05) is 35.3 Å². The molecular formula is C24H16Cl2FN3O3. The third-order valence-corrected chi connectivity index (χ3v) is 4.81. The van der Waals surface area contributed by atoms with Crippen molar-refractivity contribution in [1.29, 1.82) is 5.26 Å². The van der Waals surface area contributed by atoms with Gasteiger partial charge in [-0.2, -0.15) is 5.26 Å². The summed E-state index contributed by atoms with van der Waals surface area (Å²) in [6.07, 6.45) is 1.28. The quantitative estimate of drug-likeness (QED) is 0.333. The highest BCUT2D eigenvalue weighted by Gasteiger charge is 2.13. The van der Waals surface area contributed by atoms with Crippen molar-refractivity contribution in [1.82, 2.24) is 0 Å². The summed E-state index contributed by atoms with van der Waals surface area (Å²) in [6, 6.07) is 18.2. The molecule has 3 aromatic rings. The van der Waals surface area contributed by atoms with Crippen molar-refractivity contribution in [2.24, 2.45) is 0 Å². The number of carbonyl (C=O) groups is 2. The van der Waals surface area contributed by atoms with Crippen molar-refractivity contribution in [3.63, 3.8) is 0 Å². The Kier molecular flexibility index (Phi) is 8.03. The molecule has 0 unspecified atom stereocenters. The number of para-hydroxylation sites is 1. The molecule has 166 valence electrons. The molecule has 0 radical (unpaired) electrons. The number of nitrogens with zero attached hydrogens (tertiary/aromatic N) is 1. The molecule has 0 atom stereocenters. The van der Waals surface area contributed by atoms with Crippen molar-refractivity contribution < 1.29 is 18.7 Å².